The number of nitrogens with zero attached hydrogens (tertiary/aromatic N) is 1. The highest BCUT2D eigenvalue weighted by atomic mass is 79.9. The van der Waals surface area contributed by atoms with E-state index < -0.39 is 11.6 Å². The Morgan fingerprint density at radius 3 is 2.27 bits per heavy atom. The second kappa shape index (κ2) is 2.97. The average molecular weight is 218 g/mol. The minimum atomic E-state index is -0.722. The van der Waals surface area contributed by atoms with E-state index in [9.17, 15) is 8.78 Å². The van der Waals surface area contributed by atoms with Gasteiger partial charge in [-0.15, -0.1) is 0 Å². The second-order valence-electron chi connectivity index (χ2n) is 1.83. The second-order valence-corrected chi connectivity index (χ2v) is 2.62. The molecule has 11 heavy (non-hydrogen) atoms. The monoisotopic (exact) mass is 217 g/mol. The third kappa shape index (κ3) is 1.38. The van der Waals surface area contributed by atoms with Gasteiger partial charge in [0.1, 0.15) is 23.3 Å². The SMILES string of the molecule is N#Cc1c(F)ccc(F)c1Br. The number of hydrogen-bond acceptors (Lipinski definition) is 1. The van der Waals surface area contributed by atoms with Crippen LogP contribution in [0.25, 0.3) is 0 Å². The van der Waals surface area contributed by atoms with E-state index in [1.807, 2.05) is 0 Å². The molecule has 1 rings (SSSR count). The lowest BCUT2D eigenvalue weighted by molar-refractivity contribution is 0.591. The van der Waals surface area contributed by atoms with Gasteiger partial charge in [-0.05, 0) is 28.1 Å². The van der Waals surface area contributed by atoms with Gasteiger partial charge in [0.25, 0.3) is 0 Å². The third-order valence-electron chi connectivity index (χ3n) is 1.16. The Hall–Kier alpha value is -0.950. The van der Waals surface area contributed by atoms with Crippen molar-refractivity contribution in [3.8, 4) is 6.07 Å². The van der Waals surface area contributed by atoms with Gasteiger partial charge in [-0.2, -0.15) is 5.26 Å². The summed E-state index contributed by atoms with van der Waals surface area (Å²) in [6.07, 6.45) is 0. The van der Waals surface area contributed by atoms with Crippen LogP contribution in [0.4, 0.5) is 8.78 Å². The minimum absolute atomic E-state index is 0.125. The molecular weight excluding hydrogens is 216 g/mol. The molecule has 1 aromatic rings. The van der Waals surface area contributed by atoms with E-state index in [0.717, 1.165) is 12.1 Å². The van der Waals surface area contributed by atoms with Crippen LogP contribution in [0.3, 0.4) is 0 Å². The smallest absolute Gasteiger partial charge is 0.142 e. The lowest BCUT2D eigenvalue weighted by Gasteiger charge is -1.96. The molecule has 0 aliphatic rings. The van der Waals surface area contributed by atoms with Crippen molar-refractivity contribution in [3.63, 3.8) is 0 Å². The first kappa shape index (κ1) is 8.15. The van der Waals surface area contributed by atoms with Crippen molar-refractivity contribution in [2.75, 3.05) is 0 Å². The van der Waals surface area contributed by atoms with Gasteiger partial charge in [0, 0.05) is 0 Å². The molecule has 0 fully saturated rings. The van der Waals surface area contributed by atoms with Crippen molar-refractivity contribution in [2.24, 2.45) is 0 Å². The van der Waals surface area contributed by atoms with E-state index >= 15 is 0 Å². The number of nitriles is 1. The summed E-state index contributed by atoms with van der Waals surface area (Å²) >= 11 is 2.75. The van der Waals surface area contributed by atoms with Gasteiger partial charge >= 0.3 is 0 Å². The molecule has 0 atom stereocenters. The molecule has 0 spiro atoms. The molecule has 0 radical (unpaired) electrons. The van der Waals surface area contributed by atoms with Gasteiger partial charge < -0.3 is 0 Å². The van der Waals surface area contributed by atoms with E-state index in [4.69, 9.17) is 5.26 Å². The first-order valence-electron chi connectivity index (χ1n) is 2.70. The van der Waals surface area contributed by atoms with E-state index in [0.29, 0.717) is 0 Å². The summed E-state index contributed by atoms with van der Waals surface area (Å²) in [5.74, 6) is -1.36. The molecule has 0 aromatic heterocycles. The molecule has 0 heterocycles. The van der Waals surface area contributed by atoms with Crippen molar-refractivity contribution in [2.45, 2.75) is 0 Å². The van der Waals surface area contributed by atoms with Crippen molar-refractivity contribution in [3.05, 3.63) is 33.8 Å². The first-order chi connectivity index (χ1) is 5.16. The first-order valence-corrected chi connectivity index (χ1v) is 3.49. The number of benzene rings is 1. The summed E-state index contributed by atoms with van der Waals surface area (Å²) in [6, 6.07) is 3.42. The summed E-state index contributed by atoms with van der Waals surface area (Å²) in [7, 11) is 0. The van der Waals surface area contributed by atoms with Gasteiger partial charge in [-0.25, -0.2) is 8.78 Å². The van der Waals surface area contributed by atoms with Gasteiger partial charge in [0.2, 0.25) is 0 Å². The number of rotatable bonds is 0. The Kier molecular flexibility index (Phi) is 2.20. The fraction of sp³-hybridized carbons (Fsp3) is 0. The summed E-state index contributed by atoms with van der Waals surface area (Å²) in [5.41, 5.74) is -0.301. The molecule has 56 valence electrons. The number of hydrogen-bond donors (Lipinski definition) is 0. The van der Waals surface area contributed by atoms with Crippen LogP contribution < -0.4 is 0 Å². The van der Waals surface area contributed by atoms with Crippen LogP contribution in [-0.4, -0.2) is 0 Å². The van der Waals surface area contributed by atoms with Crippen molar-refractivity contribution in [1.29, 1.82) is 5.26 Å². The standard InChI is InChI=1S/C7H2BrF2N/c8-7-4(3-11)5(9)1-2-6(7)10/h1-2H. The number of halogens is 3. The van der Waals surface area contributed by atoms with Crippen LogP contribution in [0.2, 0.25) is 0 Å². The zero-order valence-electron chi connectivity index (χ0n) is 5.24. The van der Waals surface area contributed by atoms with Crippen LogP contribution in [0.15, 0.2) is 16.6 Å². The molecule has 0 unspecified atom stereocenters. The topological polar surface area (TPSA) is 23.8 Å². The minimum Gasteiger partial charge on any atom is -0.206 e. The van der Waals surface area contributed by atoms with Crippen LogP contribution in [0.1, 0.15) is 5.56 Å². The van der Waals surface area contributed by atoms with Gasteiger partial charge in [0.15, 0.2) is 0 Å². The molecule has 0 saturated carbocycles. The Balaban J connectivity index is 3.44. The largest absolute Gasteiger partial charge is 0.206 e. The summed E-state index contributed by atoms with van der Waals surface area (Å²) < 4.78 is 25.1. The van der Waals surface area contributed by atoms with E-state index in [-0.39, 0.29) is 10.0 Å². The quantitative estimate of drug-likeness (QED) is 0.614. The van der Waals surface area contributed by atoms with Crippen LogP contribution in [0.5, 0.6) is 0 Å². The van der Waals surface area contributed by atoms with E-state index in [2.05, 4.69) is 15.9 Å². The third-order valence-corrected chi connectivity index (χ3v) is 1.93. The molecule has 0 aliphatic carbocycles. The van der Waals surface area contributed by atoms with Crippen molar-refractivity contribution < 1.29 is 8.78 Å². The van der Waals surface area contributed by atoms with E-state index in [1.165, 1.54) is 0 Å². The van der Waals surface area contributed by atoms with Gasteiger partial charge in [0.05, 0.1) is 4.47 Å². The molecule has 0 aliphatic heterocycles. The van der Waals surface area contributed by atoms with Crippen molar-refractivity contribution >= 4 is 15.9 Å². The van der Waals surface area contributed by atoms with Crippen LogP contribution in [-0.2, 0) is 0 Å². The van der Waals surface area contributed by atoms with E-state index in [1.54, 1.807) is 6.07 Å². The van der Waals surface area contributed by atoms with Crippen LogP contribution in [0, 0.1) is 23.0 Å². The maximum atomic E-state index is 12.6. The normalized spacial score (nSPS) is 9.27. The zero-order valence-corrected chi connectivity index (χ0v) is 6.82. The lowest BCUT2D eigenvalue weighted by atomic mass is 10.2. The highest BCUT2D eigenvalue weighted by Gasteiger charge is 2.09. The Morgan fingerprint density at radius 2 is 1.82 bits per heavy atom. The van der Waals surface area contributed by atoms with Gasteiger partial charge in [-0.3, -0.25) is 0 Å². The van der Waals surface area contributed by atoms with Crippen LogP contribution >= 0.6 is 15.9 Å². The molecule has 0 bridgehead atoms. The highest BCUT2D eigenvalue weighted by molar-refractivity contribution is 9.10. The Morgan fingerprint density at radius 1 is 1.27 bits per heavy atom. The summed E-state index contributed by atoms with van der Waals surface area (Å²) in [4.78, 5) is 0. The fourth-order valence-corrected chi connectivity index (χ4v) is 1.04. The molecule has 0 N–H and O–H groups in total. The molecule has 1 aromatic carbocycles. The Bertz CT molecular complexity index is 330. The summed E-state index contributed by atoms with van der Waals surface area (Å²) in [6.45, 7) is 0. The predicted molar refractivity (Wildman–Crippen MR) is 38.8 cm³/mol. The maximum Gasteiger partial charge on any atom is 0.142 e. The molecule has 0 amide bonds. The fourth-order valence-electron chi connectivity index (χ4n) is 0.630. The average Bonchev–Trinajstić information content (AvgIpc) is 1.99. The van der Waals surface area contributed by atoms with Crippen molar-refractivity contribution in [1.82, 2.24) is 0 Å². The predicted octanol–water partition coefficient (Wildman–Crippen LogP) is 2.60. The zero-order chi connectivity index (χ0) is 8.43. The Labute approximate surface area is 70.4 Å². The molecule has 4 heteroatoms. The van der Waals surface area contributed by atoms with Gasteiger partial charge in [-0.1, -0.05) is 0 Å². The molecular formula is C7H2BrF2N. The maximum absolute atomic E-state index is 12.6. The highest BCUT2D eigenvalue weighted by Crippen LogP contribution is 2.21. The molecule has 0 saturated heterocycles. The molecule has 1 nitrogen and oxygen atoms in total. The lowest BCUT2D eigenvalue weighted by Crippen LogP contribution is -1.88. The summed E-state index contributed by atoms with van der Waals surface area (Å²) in [5, 5.41) is 8.34.